The molecule has 8 heteroatoms. The topological polar surface area (TPSA) is 88.6 Å². The van der Waals surface area contributed by atoms with E-state index in [1.54, 1.807) is 36.7 Å². The van der Waals surface area contributed by atoms with Gasteiger partial charge in [-0.3, -0.25) is 24.3 Å². The van der Waals surface area contributed by atoms with Crippen LogP contribution in [0.15, 0.2) is 85.2 Å². The van der Waals surface area contributed by atoms with E-state index in [9.17, 15) is 14.4 Å². The van der Waals surface area contributed by atoms with Crippen molar-refractivity contribution in [3.8, 4) is 5.75 Å². The van der Waals surface area contributed by atoms with Crippen molar-refractivity contribution in [3.05, 3.63) is 102 Å². The number of pyridine rings is 1. The standard InChI is InChI=1S/C35H39N3O4Si/c1-22(2)43(23(3)4,24(5)6)42-29-15-12-25(13-16-29)32(21-38-34(40)30-9-7-8-10-31(30)35(38)41)33(39)37-28-14-11-27-20-36-18-17-26(27)19-28/h7-20,22-24,32H,21H2,1-6H3,(H,37,39). The monoisotopic (exact) mass is 593 g/mol. The van der Waals surface area contributed by atoms with Crippen molar-refractivity contribution >= 4 is 42.5 Å². The first-order valence-electron chi connectivity index (χ1n) is 14.9. The van der Waals surface area contributed by atoms with Crippen molar-refractivity contribution in [2.45, 2.75) is 64.1 Å². The van der Waals surface area contributed by atoms with Crippen LogP contribution in [0.1, 0.15) is 73.7 Å². The normalized spacial score (nSPS) is 14.1. The molecule has 1 aromatic heterocycles. The fourth-order valence-corrected chi connectivity index (χ4v) is 11.9. The van der Waals surface area contributed by atoms with Crippen molar-refractivity contribution in [2.24, 2.45) is 0 Å². The highest BCUT2D eigenvalue weighted by Gasteiger charge is 2.47. The molecule has 5 rings (SSSR count). The van der Waals surface area contributed by atoms with Crippen LogP contribution in [0.5, 0.6) is 5.75 Å². The summed E-state index contributed by atoms with van der Waals surface area (Å²) in [6, 6.07) is 21.8. The van der Waals surface area contributed by atoms with Crippen LogP contribution in [0.3, 0.4) is 0 Å². The molecule has 1 atom stereocenters. The number of amides is 3. The number of hydrogen-bond donors (Lipinski definition) is 1. The molecule has 0 saturated carbocycles. The molecule has 43 heavy (non-hydrogen) atoms. The number of fused-ring (bicyclic) bond motifs is 2. The predicted octanol–water partition coefficient (Wildman–Crippen LogP) is 7.81. The Morgan fingerprint density at radius 3 is 2.00 bits per heavy atom. The third-order valence-electron chi connectivity index (χ3n) is 8.75. The first kappa shape index (κ1) is 30.2. The number of aromatic nitrogens is 1. The molecule has 222 valence electrons. The van der Waals surface area contributed by atoms with Gasteiger partial charge in [-0.05, 0) is 70.0 Å². The molecule has 0 saturated heterocycles. The predicted molar refractivity (Wildman–Crippen MR) is 173 cm³/mol. The Hall–Kier alpha value is -4.30. The number of carbonyl (C=O) groups excluding carboxylic acids is 3. The van der Waals surface area contributed by atoms with Crippen LogP contribution in [0, 0.1) is 0 Å². The second kappa shape index (κ2) is 12.1. The van der Waals surface area contributed by atoms with Gasteiger partial charge in [0.15, 0.2) is 0 Å². The van der Waals surface area contributed by atoms with Gasteiger partial charge in [-0.2, -0.15) is 0 Å². The van der Waals surface area contributed by atoms with Crippen LogP contribution in [-0.2, 0) is 4.79 Å². The third kappa shape index (κ3) is 5.71. The van der Waals surface area contributed by atoms with Gasteiger partial charge < -0.3 is 9.74 Å². The van der Waals surface area contributed by atoms with Crippen molar-refractivity contribution in [1.82, 2.24) is 9.88 Å². The lowest BCUT2D eigenvalue weighted by atomic mass is 9.97. The minimum atomic E-state index is -2.17. The second-order valence-corrected chi connectivity index (χ2v) is 17.6. The molecule has 3 amide bonds. The van der Waals surface area contributed by atoms with Gasteiger partial charge >= 0.3 is 0 Å². The minimum absolute atomic E-state index is 0.0848. The summed E-state index contributed by atoms with van der Waals surface area (Å²) in [5, 5.41) is 4.93. The lowest BCUT2D eigenvalue weighted by molar-refractivity contribution is -0.117. The van der Waals surface area contributed by atoms with Crippen LogP contribution in [-0.4, -0.2) is 42.5 Å². The summed E-state index contributed by atoms with van der Waals surface area (Å²) in [6.45, 7) is 13.4. The van der Waals surface area contributed by atoms with E-state index in [-0.39, 0.29) is 12.5 Å². The van der Waals surface area contributed by atoms with Crippen LogP contribution in [0.4, 0.5) is 5.69 Å². The molecule has 0 radical (unpaired) electrons. The van der Waals surface area contributed by atoms with E-state index in [0.717, 1.165) is 16.5 Å². The van der Waals surface area contributed by atoms with Crippen molar-refractivity contribution in [1.29, 1.82) is 0 Å². The molecular formula is C35H39N3O4Si. The Bertz CT molecular complexity index is 1610. The summed E-state index contributed by atoms with van der Waals surface area (Å²) in [6.07, 6.45) is 3.48. The van der Waals surface area contributed by atoms with Gasteiger partial charge in [-0.25, -0.2) is 0 Å². The number of nitrogens with one attached hydrogen (secondary N) is 1. The molecule has 1 N–H and O–H groups in total. The summed E-state index contributed by atoms with van der Waals surface area (Å²) >= 11 is 0. The van der Waals surface area contributed by atoms with Crippen LogP contribution in [0.25, 0.3) is 10.8 Å². The highest BCUT2D eigenvalue weighted by atomic mass is 28.4. The molecule has 2 heterocycles. The molecule has 4 aromatic rings. The number of imide groups is 1. The fraction of sp³-hybridized carbons (Fsp3) is 0.314. The Labute approximate surface area is 254 Å². The summed E-state index contributed by atoms with van der Waals surface area (Å²) in [5.41, 5.74) is 3.27. The zero-order chi connectivity index (χ0) is 30.9. The second-order valence-electron chi connectivity index (χ2n) is 12.2. The number of carbonyl (C=O) groups is 3. The Kier molecular flexibility index (Phi) is 8.51. The molecular weight excluding hydrogens is 554 g/mol. The summed E-state index contributed by atoms with van der Waals surface area (Å²) in [7, 11) is -2.17. The van der Waals surface area contributed by atoms with Gasteiger partial charge in [0.2, 0.25) is 5.91 Å². The fourth-order valence-electron chi connectivity index (χ4n) is 6.64. The van der Waals surface area contributed by atoms with E-state index in [2.05, 4.69) is 51.8 Å². The lowest BCUT2D eigenvalue weighted by Crippen LogP contribution is -2.50. The van der Waals surface area contributed by atoms with Crippen LogP contribution >= 0.6 is 0 Å². The first-order valence-corrected chi connectivity index (χ1v) is 17.1. The van der Waals surface area contributed by atoms with Crippen molar-refractivity contribution in [3.63, 3.8) is 0 Å². The highest BCUT2D eigenvalue weighted by Crippen LogP contribution is 2.43. The number of nitrogens with zero attached hydrogens (tertiary/aromatic N) is 2. The third-order valence-corrected chi connectivity index (χ3v) is 14.8. The van der Waals surface area contributed by atoms with Crippen LogP contribution < -0.4 is 9.74 Å². The van der Waals surface area contributed by atoms with E-state index in [1.165, 1.54) is 4.90 Å². The average molecular weight is 594 g/mol. The van der Waals surface area contributed by atoms with Crippen LogP contribution in [0.2, 0.25) is 16.6 Å². The maximum absolute atomic E-state index is 13.9. The minimum Gasteiger partial charge on any atom is -0.543 e. The van der Waals surface area contributed by atoms with E-state index in [1.807, 2.05) is 48.5 Å². The molecule has 3 aromatic carbocycles. The number of benzene rings is 3. The lowest BCUT2D eigenvalue weighted by Gasteiger charge is -2.42. The smallest absolute Gasteiger partial charge is 0.261 e. The molecule has 1 unspecified atom stereocenters. The van der Waals surface area contributed by atoms with Gasteiger partial charge in [-0.15, -0.1) is 0 Å². The maximum Gasteiger partial charge on any atom is 0.261 e. The molecule has 0 aliphatic carbocycles. The molecule has 1 aliphatic heterocycles. The van der Waals surface area contributed by atoms with Gasteiger partial charge in [-0.1, -0.05) is 71.9 Å². The van der Waals surface area contributed by atoms with Gasteiger partial charge in [0, 0.05) is 30.0 Å². The van der Waals surface area contributed by atoms with Crippen molar-refractivity contribution < 1.29 is 18.8 Å². The molecule has 0 bridgehead atoms. The largest absolute Gasteiger partial charge is 0.543 e. The zero-order valence-electron chi connectivity index (χ0n) is 25.6. The van der Waals surface area contributed by atoms with Crippen molar-refractivity contribution in [2.75, 3.05) is 11.9 Å². The summed E-state index contributed by atoms with van der Waals surface area (Å²) in [4.78, 5) is 45.8. The summed E-state index contributed by atoms with van der Waals surface area (Å²) in [5.74, 6) is -1.12. The number of anilines is 1. The molecule has 0 fully saturated rings. The first-order chi connectivity index (χ1) is 20.5. The number of hydrogen-bond acceptors (Lipinski definition) is 5. The van der Waals surface area contributed by atoms with Gasteiger partial charge in [0.1, 0.15) is 5.75 Å². The van der Waals surface area contributed by atoms with E-state index in [4.69, 9.17) is 4.43 Å². The summed E-state index contributed by atoms with van der Waals surface area (Å²) < 4.78 is 6.84. The average Bonchev–Trinajstić information content (AvgIpc) is 3.23. The Morgan fingerprint density at radius 1 is 0.814 bits per heavy atom. The highest BCUT2D eigenvalue weighted by molar-refractivity contribution is 6.78. The van der Waals surface area contributed by atoms with E-state index < -0.39 is 26.0 Å². The maximum atomic E-state index is 13.9. The van der Waals surface area contributed by atoms with E-state index in [0.29, 0.717) is 39.0 Å². The molecule has 0 spiro atoms. The zero-order valence-corrected chi connectivity index (χ0v) is 26.6. The quantitative estimate of drug-likeness (QED) is 0.150. The molecule has 7 nitrogen and oxygen atoms in total. The SMILES string of the molecule is CC(C)[Si](Oc1ccc(C(CN2C(=O)c3ccccc3C2=O)C(=O)Nc2ccc3cnccc3c2)cc1)(C(C)C)C(C)C. The van der Waals surface area contributed by atoms with E-state index >= 15 is 0 Å². The Balaban J connectivity index is 1.46. The van der Waals surface area contributed by atoms with Gasteiger partial charge in [0.25, 0.3) is 20.1 Å². The number of rotatable bonds is 10. The molecule has 1 aliphatic rings. The Morgan fingerprint density at radius 2 is 1.42 bits per heavy atom. The van der Waals surface area contributed by atoms with Gasteiger partial charge in [0.05, 0.1) is 17.0 Å².